The summed E-state index contributed by atoms with van der Waals surface area (Å²) in [5.74, 6) is 0. The maximum Gasteiger partial charge on any atom is 0.123 e. The van der Waals surface area contributed by atoms with Crippen LogP contribution in [-0.2, 0) is 5.41 Å². The molecule has 0 saturated heterocycles. The first-order valence-electron chi connectivity index (χ1n) is 7.09. The van der Waals surface area contributed by atoms with Gasteiger partial charge < -0.3 is 5.11 Å². The molecule has 0 amide bonds. The van der Waals surface area contributed by atoms with Gasteiger partial charge in [0, 0.05) is 10.4 Å². The molecule has 108 valence electrons. The van der Waals surface area contributed by atoms with Crippen molar-refractivity contribution in [3.63, 3.8) is 0 Å². The summed E-state index contributed by atoms with van der Waals surface area (Å²) < 4.78 is 0. The largest absolute Gasteiger partial charge is 0.387 e. The second-order valence-corrected chi connectivity index (χ2v) is 7.42. The van der Waals surface area contributed by atoms with Crippen molar-refractivity contribution in [2.45, 2.75) is 52.6 Å². The molecule has 2 rings (SSSR count). The van der Waals surface area contributed by atoms with Gasteiger partial charge in [0.05, 0.1) is 11.8 Å². The minimum atomic E-state index is -0.450. The van der Waals surface area contributed by atoms with Crippen LogP contribution in [-0.4, -0.2) is 10.1 Å². The van der Waals surface area contributed by atoms with Crippen LogP contribution in [0.25, 0.3) is 10.6 Å². The Balaban J connectivity index is 2.33. The van der Waals surface area contributed by atoms with Crippen LogP contribution in [0.5, 0.6) is 0 Å². The Hall–Kier alpha value is -1.19. The zero-order valence-corrected chi connectivity index (χ0v) is 13.7. The molecule has 1 N–H and O–H groups in total. The van der Waals surface area contributed by atoms with Gasteiger partial charge in [-0.3, -0.25) is 0 Å². The van der Waals surface area contributed by atoms with E-state index in [1.807, 2.05) is 13.8 Å². The standard InChI is InChI=1S/C17H23NOS/c1-6-14(19)15-11(2)20-16(18-15)12-7-9-13(10-8-12)17(3,4)5/h7-10,14,19H,6H2,1-5H3. The first-order valence-corrected chi connectivity index (χ1v) is 7.91. The topological polar surface area (TPSA) is 33.1 Å². The predicted molar refractivity (Wildman–Crippen MR) is 86.2 cm³/mol. The van der Waals surface area contributed by atoms with Crippen LogP contribution in [0.15, 0.2) is 24.3 Å². The van der Waals surface area contributed by atoms with Gasteiger partial charge in [-0.1, -0.05) is 52.0 Å². The zero-order valence-electron chi connectivity index (χ0n) is 12.9. The molecule has 1 aromatic carbocycles. The molecule has 2 aromatic rings. The van der Waals surface area contributed by atoms with Crippen molar-refractivity contribution in [1.82, 2.24) is 4.98 Å². The molecule has 1 atom stereocenters. The molecule has 1 unspecified atom stereocenters. The molecule has 0 fully saturated rings. The van der Waals surface area contributed by atoms with Crippen molar-refractivity contribution in [3.05, 3.63) is 40.4 Å². The number of nitrogens with zero attached hydrogens (tertiary/aromatic N) is 1. The molecule has 0 aliphatic rings. The molecule has 20 heavy (non-hydrogen) atoms. The molecule has 0 bridgehead atoms. The number of benzene rings is 1. The Morgan fingerprint density at radius 3 is 2.30 bits per heavy atom. The fraction of sp³-hybridized carbons (Fsp3) is 0.471. The Morgan fingerprint density at radius 1 is 1.20 bits per heavy atom. The summed E-state index contributed by atoms with van der Waals surface area (Å²) >= 11 is 1.65. The summed E-state index contributed by atoms with van der Waals surface area (Å²) in [5.41, 5.74) is 3.44. The average molecular weight is 289 g/mol. The van der Waals surface area contributed by atoms with E-state index in [-0.39, 0.29) is 5.41 Å². The lowest BCUT2D eigenvalue weighted by Crippen LogP contribution is -2.10. The van der Waals surface area contributed by atoms with Crippen molar-refractivity contribution >= 4 is 11.3 Å². The molecule has 0 aliphatic carbocycles. The van der Waals surface area contributed by atoms with E-state index in [1.54, 1.807) is 11.3 Å². The Morgan fingerprint density at radius 2 is 1.80 bits per heavy atom. The molecule has 0 saturated carbocycles. The second-order valence-electron chi connectivity index (χ2n) is 6.21. The van der Waals surface area contributed by atoms with Crippen molar-refractivity contribution in [2.24, 2.45) is 0 Å². The number of hydrogen-bond donors (Lipinski definition) is 1. The van der Waals surface area contributed by atoms with Gasteiger partial charge in [-0.15, -0.1) is 11.3 Å². The lowest BCUT2D eigenvalue weighted by Gasteiger charge is -2.18. The summed E-state index contributed by atoms with van der Waals surface area (Å²) in [6, 6.07) is 8.59. The zero-order chi connectivity index (χ0) is 14.9. The molecule has 0 spiro atoms. The highest BCUT2D eigenvalue weighted by Gasteiger charge is 2.17. The third-order valence-corrected chi connectivity index (χ3v) is 4.57. The van der Waals surface area contributed by atoms with Gasteiger partial charge in [0.2, 0.25) is 0 Å². The Labute approximate surface area is 125 Å². The monoisotopic (exact) mass is 289 g/mol. The van der Waals surface area contributed by atoms with Gasteiger partial charge in [0.15, 0.2) is 0 Å². The van der Waals surface area contributed by atoms with Crippen molar-refractivity contribution in [2.75, 3.05) is 0 Å². The van der Waals surface area contributed by atoms with Crippen LogP contribution >= 0.6 is 11.3 Å². The molecule has 3 heteroatoms. The van der Waals surface area contributed by atoms with E-state index in [2.05, 4.69) is 50.0 Å². The van der Waals surface area contributed by atoms with Crippen molar-refractivity contribution in [1.29, 1.82) is 0 Å². The van der Waals surface area contributed by atoms with Crippen LogP contribution in [0.1, 0.15) is 56.4 Å². The minimum absolute atomic E-state index is 0.168. The maximum absolute atomic E-state index is 9.97. The highest BCUT2D eigenvalue weighted by Crippen LogP contribution is 2.32. The minimum Gasteiger partial charge on any atom is -0.387 e. The molecule has 0 radical (unpaired) electrons. The smallest absolute Gasteiger partial charge is 0.123 e. The van der Waals surface area contributed by atoms with Crippen LogP contribution in [0.2, 0.25) is 0 Å². The van der Waals surface area contributed by atoms with E-state index < -0.39 is 6.10 Å². The van der Waals surface area contributed by atoms with E-state index >= 15 is 0 Å². The predicted octanol–water partition coefficient (Wildman–Crippen LogP) is 4.86. The van der Waals surface area contributed by atoms with Crippen molar-refractivity contribution < 1.29 is 5.11 Å². The molecule has 1 aromatic heterocycles. The highest BCUT2D eigenvalue weighted by atomic mass is 32.1. The number of aryl methyl sites for hydroxylation is 1. The van der Waals surface area contributed by atoms with Gasteiger partial charge in [-0.05, 0) is 24.3 Å². The summed E-state index contributed by atoms with van der Waals surface area (Å²) in [7, 11) is 0. The van der Waals surface area contributed by atoms with Crippen molar-refractivity contribution in [3.8, 4) is 10.6 Å². The summed E-state index contributed by atoms with van der Waals surface area (Å²) in [6.45, 7) is 10.6. The highest BCUT2D eigenvalue weighted by molar-refractivity contribution is 7.15. The Bertz CT molecular complexity index is 578. The van der Waals surface area contributed by atoms with Gasteiger partial charge in [0.25, 0.3) is 0 Å². The number of rotatable bonds is 3. The molecular weight excluding hydrogens is 266 g/mol. The number of aliphatic hydroxyl groups excluding tert-OH is 1. The van der Waals surface area contributed by atoms with Crippen LogP contribution in [0, 0.1) is 6.92 Å². The van der Waals surface area contributed by atoms with E-state index in [9.17, 15) is 5.11 Å². The SMILES string of the molecule is CCC(O)c1nc(-c2ccc(C(C)(C)C)cc2)sc1C. The van der Waals surface area contributed by atoms with E-state index in [0.717, 1.165) is 21.1 Å². The third-order valence-electron chi connectivity index (χ3n) is 3.53. The van der Waals surface area contributed by atoms with Crippen LogP contribution < -0.4 is 0 Å². The molecular formula is C17H23NOS. The first-order chi connectivity index (χ1) is 9.32. The second kappa shape index (κ2) is 5.66. The Kier molecular flexibility index (Phi) is 4.31. The van der Waals surface area contributed by atoms with Crippen LogP contribution in [0.4, 0.5) is 0 Å². The first kappa shape index (κ1) is 15.2. The lowest BCUT2D eigenvalue weighted by atomic mass is 9.87. The molecule has 2 nitrogen and oxygen atoms in total. The average Bonchev–Trinajstić information content (AvgIpc) is 2.79. The number of hydrogen-bond acceptors (Lipinski definition) is 3. The van der Waals surface area contributed by atoms with Crippen LogP contribution in [0.3, 0.4) is 0 Å². The molecule has 0 aliphatic heterocycles. The quantitative estimate of drug-likeness (QED) is 0.875. The van der Waals surface area contributed by atoms with Gasteiger partial charge >= 0.3 is 0 Å². The number of aromatic nitrogens is 1. The summed E-state index contributed by atoms with van der Waals surface area (Å²) in [6.07, 6.45) is 0.251. The fourth-order valence-corrected chi connectivity index (χ4v) is 3.12. The molecule has 1 heterocycles. The fourth-order valence-electron chi connectivity index (χ4n) is 2.15. The van der Waals surface area contributed by atoms with Gasteiger partial charge in [-0.25, -0.2) is 4.98 Å². The normalized spacial score (nSPS) is 13.5. The summed E-state index contributed by atoms with van der Waals surface area (Å²) in [5, 5.41) is 11.0. The number of thiazole rings is 1. The van der Waals surface area contributed by atoms with E-state index in [1.165, 1.54) is 5.56 Å². The van der Waals surface area contributed by atoms with E-state index in [0.29, 0.717) is 6.42 Å². The lowest BCUT2D eigenvalue weighted by molar-refractivity contribution is 0.169. The maximum atomic E-state index is 9.97. The van der Waals surface area contributed by atoms with Gasteiger partial charge in [-0.2, -0.15) is 0 Å². The van der Waals surface area contributed by atoms with Gasteiger partial charge in [0.1, 0.15) is 5.01 Å². The third kappa shape index (κ3) is 3.10. The van der Waals surface area contributed by atoms with E-state index in [4.69, 9.17) is 0 Å². The summed E-state index contributed by atoms with van der Waals surface area (Å²) in [4.78, 5) is 5.72. The number of aliphatic hydroxyl groups is 1.